The van der Waals surface area contributed by atoms with E-state index < -0.39 is 0 Å². The smallest absolute Gasteiger partial charge is 0.146 e. The van der Waals surface area contributed by atoms with E-state index >= 15 is 0 Å². The lowest BCUT2D eigenvalue weighted by Gasteiger charge is -2.07. The van der Waals surface area contributed by atoms with Gasteiger partial charge in [-0.1, -0.05) is 0 Å². The van der Waals surface area contributed by atoms with Gasteiger partial charge in [0.25, 0.3) is 0 Å². The zero-order valence-corrected chi connectivity index (χ0v) is 8.44. The van der Waals surface area contributed by atoms with Gasteiger partial charge in [-0.25, -0.2) is 0 Å². The van der Waals surface area contributed by atoms with Crippen molar-refractivity contribution in [1.82, 2.24) is 14.8 Å². The number of hydrogen-bond donors (Lipinski definition) is 1. The summed E-state index contributed by atoms with van der Waals surface area (Å²) in [6, 6.07) is 0. The number of hydrogen-bond acceptors (Lipinski definition) is 4. The van der Waals surface area contributed by atoms with Crippen molar-refractivity contribution in [3.8, 4) is 0 Å². The van der Waals surface area contributed by atoms with Crippen LogP contribution in [0.2, 0.25) is 0 Å². The molecule has 1 heterocycles. The molecule has 0 spiro atoms. The maximum Gasteiger partial charge on any atom is 0.146 e. The summed E-state index contributed by atoms with van der Waals surface area (Å²) in [6.45, 7) is 1.94. The molecule has 5 heteroatoms. The van der Waals surface area contributed by atoms with Crippen LogP contribution in [0.1, 0.15) is 30.4 Å². The van der Waals surface area contributed by atoms with Gasteiger partial charge in [0.2, 0.25) is 0 Å². The Hall–Kier alpha value is -0.940. The zero-order valence-electron chi connectivity index (χ0n) is 8.44. The van der Waals surface area contributed by atoms with Crippen LogP contribution in [0.5, 0.6) is 0 Å². The summed E-state index contributed by atoms with van der Waals surface area (Å²) in [4.78, 5) is 0. The van der Waals surface area contributed by atoms with Crippen molar-refractivity contribution in [2.45, 2.75) is 31.8 Å². The summed E-state index contributed by atoms with van der Waals surface area (Å²) in [7, 11) is 1.70. The fourth-order valence-corrected chi connectivity index (χ4v) is 1.57. The lowest BCUT2D eigenvalue weighted by molar-refractivity contribution is 0.185. The molecular weight excluding hydrogens is 180 g/mol. The number of rotatable bonds is 5. The van der Waals surface area contributed by atoms with E-state index in [2.05, 4.69) is 14.8 Å². The molecule has 1 aromatic rings. The molecule has 1 fully saturated rings. The van der Waals surface area contributed by atoms with E-state index in [9.17, 15) is 0 Å². The third-order valence-electron chi connectivity index (χ3n) is 2.50. The minimum Gasteiger partial charge on any atom is -0.383 e. The molecule has 0 radical (unpaired) electrons. The van der Waals surface area contributed by atoms with E-state index in [1.807, 2.05) is 0 Å². The van der Waals surface area contributed by atoms with E-state index in [1.54, 1.807) is 7.11 Å². The predicted molar refractivity (Wildman–Crippen MR) is 51.8 cm³/mol. The van der Waals surface area contributed by atoms with E-state index in [1.165, 1.54) is 12.8 Å². The molecule has 0 amide bonds. The van der Waals surface area contributed by atoms with Crippen LogP contribution in [0, 0.1) is 0 Å². The van der Waals surface area contributed by atoms with Crippen LogP contribution in [-0.2, 0) is 17.8 Å². The Morgan fingerprint density at radius 2 is 2.29 bits per heavy atom. The van der Waals surface area contributed by atoms with E-state index in [-0.39, 0.29) is 0 Å². The summed E-state index contributed by atoms with van der Waals surface area (Å²) in [5.74, 6) is 2.56. The highest BCUT2D eigenvalue weighted by Crippen LogP contribution is 2.39. The second-order valence-electron chi connectivity index (χ2n) is 3.60. The highest BCUT2D eigenvalue weighted by Gasteiger charge is 2.29. The van der Waals surface area contributed by atoms with Crippen molar-refractivity contribution in [1.29, 1.82) is 0 Å². The number of aromatic nitrogens is 3. The molecule has 0 aliphatic heterocycles. The average molecular weight is 196 g/mol. The minimum absolute atomic E-state index is 0.448. The molecule has 1 saturated carbocycles. The van der Waals surface area contributed by atoms with Gasteiger partial charge >= 0.3 is 0 Å². The maximum absolute atomic E-state index is 5.59. The van der Waals surface area contributed by atoms with Crippen molar-refractivity contribution in [3.05, 3.63) is 11.6 Å². The molecule has 2 rings (SSSR count). The fraction of sp³-hybridized carbons (Fsp3) is 0.778. The molecule has 1 aromatic heterocycles. The average Bonchev–Trinajstić information content (AvgIpc) is 2.96. The van der Waals surface area contributed by atoms with Crippen molar-refractivity contribution >= 4 is 0 Å². The molecule has 0 atom stereocenters. The number of nitrogens with zero attached hydrogens (tertiary/aromatic N) is 3. The molecule has 1 aliphatic carbocycles. The Labute approximate surface area is 83.3 Å². The van der Waals surface area contributed by atoms with Gasteiger partial charge in [-0.2, -0.15) is 0 Å². The van der Waals surface area contributed by atoms with Gasteiger partial charge in [0.05, 0.1) is 13.2 Å². The first kappa shape index (κ1) is 9.61. The maximum atomic E-state index is 5.59. The monoisotopic (exact) mass is 196 g/mol. The first-order valence-corrected chi connectivity index (χ1v) is 4.97. The van der Waals surface area contributed by atoms with Crippen LogP contribution in [-0.4, -0.2) is 28.5 Å². The summed E-state index contributed by atoms with van der Waals surface area (Å²) in [5.41, 5.74) is 5.59. The lowest BCUT2D eigenvalue weighted by Crippen LogP contribution is -2.13. The van der Waals surface area contributed by atoms with Crippen LogP contribution in [0.25, 0.3) is 0 Å². The quantitative estimate of drug-likeness (QED) is 0.733. The Kier molecular flexibility index (Phi) is 2.79. The molecule has 0 unspecified atom stereocenters. The first-order chi connectivity index (χ1) is 6.86. The molecule has 14 heavy (non-hydrogen) atoms. The minimum atomic E-state index is 0.448. The highest BCUT2D eigenvalue weighted by molar-refractivity contribution is 5.08. The van der Waals surface area contributed by atoms with E-state index in [0.717, 1.165) is 18.2 Å². The third-order valence-corrected chi connectivity index (χ3v) is 2.50. The van der Waals surface area contributed by atoms with Gasteiger partial charge < -0.3 is 15.0 Å². The molecule has 0 aromatic carbocycles. The SMILES string of the molecule is COCCn1c(CN)nnc1C1CC1. The van der Waals surface area contributed by atoms with Crippen LogP contribution in [0.4, 0.5) is 0 Å². The number of nitrogens with two attached hydrogens (primary N) is 1. The molecule has 5 nitrogen and oxygen atoms in total. The van der Waals surface area contributed by atoms with E-state index in [4.69, 9.17) is 10.5 Å². The van der Waals surface area contributed by atoms with Crippen LogP contribution in [0.15, 0.2) is 0 Å². The Morgan fingerprint density at radius 1 is 1.50 bits per heavy atom. The Bertz CT molecular complexity index is 306. The Balaban J connectivity index is 2.17. The predicted octanol–water partition coefficient (Wildman–Crippen LogP) is 0.261. The Morgan fingerprint density at radius 3 is 2.86 bits per heavy atom. The van der Waals surface area contributed by atoms with Gasteiger partial charge in [-0.15, -0.1) is 10.2 Å². The topological polar surface area (TPSA) is 66.0 Å². The van der Waals surface area contributed by atoms with Gasteiger partial charge in [0, 0.05) is 19.6 Å². The van der Waals surface area contributed by atoms with Crippen molar-refractivity contribution < 1.29 is 4.74 Å². The van der Waals surface area contributed by atoms with Gasteiger partial charge in [0.15, 0.2) is 0 Å². The summed E-state index contributed by atoms with van der Waals surface area (Å²) >= 11 is 0. The van der Waals surface area contributed by atoms with E-state index in [0.29, 0.717) is 19.1 Å². The summed E-state index contributed by atoms with van der Waals surface area (Å²) < 4.78 is 7.15. The number of ether oxygens (including phenoxy) is 1. The lowest BCUT2D eigenvalue weighted by atomic mass is 10.4. The van der Waals surface area contributed by atoms with Crippen molar-refractivity contribution in [3.63, 3.8) is 0 Å². The molecule has 78 valence electrons. The van der Waals surface area contributed by atoms with Gasteiger partial charge in [-0.3, -0.25) is 0 Å². The molecule has 1 aliphatic rings. The van der Waals surface area contributed by atoms with Crippen molar-refractivity contribution in [2.24, 2.45) is 5.73 Å². The normalized spacial score (nSPS) is 16.1. The van der Waals surface area contributed by atoms with Gasteiger partial charge in [0.1, 0.15) is 11.6 Å². The first-order valence-electron chi connectivity index (χ1n) is 4.97. The molecule has 0 saturated heterocycles. The van der Waals surface area contributed by atoms with Crippen molar-refractivity contribution in [2.75, 3.05) is 13.7 Å². The van der Waals surface area contributed by atoms with Crippen LogP contribution < -0.4 is 5.73 Å². The highest BCUT2D eigenvalue weighted by atomic mass is 16.5. The standard InChI is InChI=1S/C9H16N4O/c1-14-5-4-13-8(6-10)11-12-9(13)7-2-3-7/h7H,2-6,10H2,1H3. The molecule has 2 N–H and O–H groups in total. The zero-order chi connectivity index (χ0) is 9.97. The second-order valence-corrected chi connectivity index (χ2v) is 3.60. The largest absolute Gasteiger partial charge is 0.383 e. The van der Waals surface area contributed by atoms with Crippen LogP contribution in [0.3, 0.4) is 0 Å². The number of methoxy groups -OCH3 is 1. The van der Waals surface area contributed by atoms with Crippen LogP contribution >= 0.6 is 0 Å². The summed E-state index contributed by atoms with van der Waals surface area (Å²) in [6.07, 6.45) is 2.46. The van der Waals surface area contributed by atoms with Gasteiger partial charge in [-0.05, 0) is 12.8 Å². The second kappa shape index (κ2) is 4.06. The fourth-order valence-electron chi connectivity index (χ4n) is 1.57. The third kappa shape index (κ3) is 1.78. The molecular formula is C9H16N4O. The summed E-state index contributed by atoms with van der Waals surface area (Å²) in [5, 5.41) is 8.26. The molecule has 0 bridgehead atoms.